The Morgan fingerprint density at radius 2 is 1.95 bits per heavy atom. The molecule has 1 atom stereocenters. The van der Waals surface area contributed by atoms with Crippen molar-refractivity contribution in [3.8, 4) is 5.75 Å². The van der Waals surface area contributed by atoms with Crippen molar-refractivity contribution in [2.45, 2.75) is 13.0 Å². The monoisotopic (exact) mass is 288 g/mol. The lowest BCUT2D eigenvalue weighted by Gasteiger charge is -2.15. The first kappa shape index (κ1) is 14.8. The molecule has 0 bridgehead atoms. The van der Waals surface area contributed by atoms with E-state index >= 15 is 0 Å². The first-order valence-electron chi connectivity index (χ1n) is 6.55. The highest BCUT2D eigenvalue weighted by Gasteiger charge is 2.10. The molecule has 0 radical (unpaired) electrons. The molecule has 0 aliphatic heterocycles. The molecule has 2 aromatic carbocycles. The molecule has 5 heteroatoms. The van der Waals surface area contributed by atoms with Crippen LogP contribution in [0.5, 0.6) is 5.75 Å². The summed E-state index contributed by atoms with van der Waals surface area (Å²) in [5.41, 5.74) is 1.33. The van der Waals surface area contributed by atoms with Crippen molar-refractivity contribution < 1.29 is 13.9 Å². The number of rotatable bonds is 4. The quantitative estimate of drug-likeness (QED) is 0.901. The molecule has 0 saturated heterocycles. The summed E-state index contributed by atoms with van der Waals surface area (Å²) in [5, 5.41) is 5.38. The van der Waals surface area contributed by atoms with Gasteiger partial charge in [0.25, 0.3) is 0 Å². The summed E-state index contributed by atoms with van der Waals surface area (Å²) in [6.07, 6.45) is 0. The highest BCUT2D eigenvalue weighted by Crippen LogP contribution is 2.19. The van der Waals surface area contributed by atoms with Crippen LogP contribution in [0.25, 0.3) is 0 Å². The van der Waals surface area contributed by atoms with Gasteiger partial charge >= 0.3 is 6.03 Å². The van der Waals surface area contributed by atoms with Crippen molar-refractivity contribution in [3.63, 3.8) is 0 Å². The zero-order valence-corrected chi connectivity index (χ0v) is 11.9. The van der Waals surface area contributed by atoms with E-state index in [-0.39, 0.29) is 6.04 Å². The first-order chi connectivity index (χ1) is 10.1. The van der Waals surface area contributed by atoms with E-state index in [1.165, 1.54) is 18.2 Å². The van der Waals surface area contributed by atoms with Crippen LogP contribution in [-0.2, 0) is 0 Å². The third-order valence-electron chi connectivity index (χ3n) is 3.02. The molecule has 0 unspecified atom stereocenters. The summed E-state index contributed by atoms with van der Waals surface area (Å²) in [4.78, 5) is 11.9. The molecule has 0 saturated carbocycles. The molecular weight excluding hydrogens is 271 g/mol. The minimum Gasteiger partial charge on any atom is -0.497 e. The van der Waals surface area contributed by atoms with Crippen LogP contribution in [-0.4, -0.2) is 13.1 Å². The molecule has 2 N–H and O–H groups in total. The topological polar surface area (TPSA) is 50.4 Å². The van der Waals surface area contributed by atoms with Crippen LogP contribution in [0.1, 0.15) is 18.5 Å². The Morgan fingerprint density at radius 1 is 1.19 bits per heavy atom. The van der Waals surface area contributed by atoms with E-state index in [1.807, 2.05) is 31.2 Å². The van der Waals surface area contributed by atoms with Gasteiger partial charge in [-0.3, -0.25) is 0 Å². The average molecular weight is 288 g/mol. The number of halogens is 1. The van der Waals surface area contributed by atoms with Crippen LogP contribution < -0.4 is 15.4 Å². The number of urea groups is 1. The molecule has 0 heterocycles. The number of hydrogen-bond acceptors (Lipinski definition) is 2. The highest BCUT2D eigenvalue weighted by molar-refractivity contribution is 5.89. The fraction of sp³-hybridized carbons (Fsp3) is 0.188. The molecule has 110 valence electrons. The molecule has 0 aliphatic carbocycles. The zero-order valence-electron chi connectivity index (χ0n) is 11.9. The second kappa shape index (κ2) is 6.74. The third-order valence-corrected chi connectivity index (χ3v) is 3.02. The number of ether oxygens (including phenoxy) is 1. The van der Waals surface area contributed by atoms with Crippen molar-refractivity contribution in [3.05, 3.63) is 59.9 Å². The molecule has 2 amide bonds. The van der Waals surface area contributed by atoms with Crippen LogP contribution in [0, 0.1) is 5.82 Å². The number of amides is 2. The fourth-order valence-electron chi connectivity index (χ4n) is 1.92. The van der Waals surface area contributed by atoms with Crippen LogP contribution in [0.2, 0.25) is 0 Å². The summed E-state index contributed by atoms with van der Waals surface area (Å²) in [7, 11) is 1.59. The van der Waals surface area contributed by atoms with Gasteiger partial charge in [0.2, 0.25) is 0 Å². The molecule has 2 aromatic rings. The van der Waals surface area contributed by atoms with Gasteiger partial charge in [-0.2, -0.15) is 0 Å². The standard InChI is InChI=1S/C16H17FN2O2/c1-11(12-5-3-8-15(9-12)21-2)18-16(20)19-14-7-4-6-13(17)10-14/h3-11H,1-2H3,(H2,18,19,20)/t11-/m0/s1. The second-order valence-electron chi connectivity index (χ2n) is 4.61. The zero-order chi connectivity index (χ0) is 15.2. The second-order valence-corrected chi connectivity index (χ2v) is 4.61. The molecule has 2 rings (SSSR count). The van der Waals surface area contributed by atoms with Gasteiger partial charge in [0, 0.05) is 5.69 Å². The molecular formula is C16H17FN2O2. The summed E-state index contributed by atoms with van der Waals surface area (Å²) in [5.74, 6) is 0.334. The Balaban J connectivity index is 1.98. The Bertz CT molecular complexity index is 631. The number of nitrogens with one attached hydrogen (secondary N) is 2. The van der Waals surface area contributed by atoms with E-state index in [1.54, 1.807) is 13.2 Å². The van der Waals surface area contributed by atoms with E-state index in [0.29, 0.717) is 5.69 Å². The molecule has 0 aromatic heterocycles. The minimum absolute atomic E-state index is 0.200. The van der Waals surface area contributed by atoms with Gasteiger partial charge < -0.3 is 15.4 Å². The van der Waals surface area contributed by atoms with E-state index in [4.69, 9.17) is 4.74 Å². The Labute approximate surface area is 122 Å². The Hall–Kier alpha value is -2.56. The number of carbonyl (C=O) groups is 1. The van der Waals surface area contributed by atoms with Crippen molar-refractivity contribution in [1.29, 1.82) is 0 Å². The summed E-state index contributed by atoms with van der Waals surface area (Å²) in [6, 6.07) is 12.6. The maximum atomic E-state index is 13.0. The van der Waals surface area contributed by atoms with E-state index in [2.05, 4.69) is 10.6 Å². The van der Waals surface area contributed by atoms with Crippen molar-refractivity contribution >= 4 is 11.7 Å². The average Bonchev–Trinajstić information content (AvgIpc) is 2.47. The van der Waals surface area contributed by atoms with Gasteiger partial charge in [0.05, 0.1) is 13.2 Å². The van der Waals surface area contributed by atoms with Gasteiger partial charge in [-0.15, -0.1) is 0 Å². The maximum Gasteiger partial charge on any atom is 0.319 e. The highest BCUT2D eigenvalue weighted by atomic mass is 19.1. The van der Waals surface area contributed by atoms with Crippen molar-refractivity contribution in [2.75, 3.05) is 12.4 Å². The van der Waals surface area contributed by atoms with E-state index in [0.717, 1.165) is 11.3 Å². The third kappa shape index (κ3) is 4.21. The Morgan fingerprint density at radius 3 is 2.67 bits per heavy atom. The van der Waals surface area contributed by atoms with Gasteiger partial charge in [-0.05, 0) is 42.8 Å². The predicted octanol–water partition coefficient (Wildman–Crippen LogP) is 3.72. The smallest absolute Gasteiger partial charge is 0.319 e. The van der Waals surface area contributed by atoms with E-state index in [9.17, 15) is 9.18 Å². The largest absolute Gasteiger partial charge is 0.497 e. The summed E-state index contributed by atoms with van der Waals surface area (Å²) < 4.78 is 18.2. The van der Waals surface area contributed by atoms with Crippen LogP contribution in [0.4, 0.5) is 14.9 Å². The lowest BCUT2D eigenvalue weighted by atomic mass is 10.1. The normalized spacial score (nSPS) is 11.6. The molecule has 0 fully saturated rings. The fourth-order valence-corrected chi connectivity index (χ4v) is 1.92. The van der Waals surface area contributed by atoms with Gasteiger partial charge in [-0.25, -0.2) is 9.18 Å². The number of benzene rings is 2. The van der Waals surface area contributed by atoms with Crippen LogP contribution in [0.15, 0.2) is 48.5 Å². The maximum absolute atomic E-state index is 13.0. The van der Waals surface area contributed by atoms with Gasteiger partial charge in [-0.1, -0.05) is 18.2 Å². The molecule has 4 nitrogen and oxygen atoms in total. The number of hydrogen-bond donors (Lipinski definition) is 2. The lowest BCUT2D eigenvalue weighted by molar-refractivity contribution is 0.249. The molecule has 0 spiro atoms. The van der Waals surface area contributed by atoms with Gasteiger partial charge in [0.15, 0.2) is 0 Å². The predicted molar refractivity (Wildman–Crippen MR) is 80.0 cm³/mol. The van der Waals surface area contributed by atoms with E-state index < -0.39 is 11.8 Å². The van der Waals surface area contributed by atoms with Crippen LogP contribution >= 0.6 is 0 Å². The number of methoxy groups -OCH3 is 1. The van der Waals surface area contributed by atoms with Gasteiger partial charge in [0.1, 0.15) is 11.6 Å². The molecule has 21 heavy (non-hydrogen) atoms. The number of anilines is 1. The number of carbonyl (C=O) groups excluding carboxylic acids is 1. The van der Waals surface area contributed by atoms with Crippen LogP contribution in [0.3, 0.4) is 0 Å². The summed E-state index contributed by atoms with van der Waals surface area (Å²) in [6.45, 7) is 1.86. The minimum atomic E-state index is -0.395. The molecule has 0 aliphatic rings. The lowest BCUT2D eigenvalue weighted by Crippen LogP contribution is -2.31. The van der Waals surface area contributed by atoms with Crippen molar-refractivity contribution in [2.24, 2.45) is 0 Å². The van der Waals surface area contributed by atoms with Crippen molar-refractivity contribution in [1.82, 2.24) is 5.32 Å². The SMILES string of the molecule is COc1cccc([C@H](C)NC(=O)Nc2cccc(F)c2)c1. The summed E-state index contributed by atoms with van der Waals surface area (Å²) >= 11 is 0. The first-order valence-corrected chi connectivity index (χ1v) is 6.55. The Kier molecular flexibility index (Phi) is 4.77.